The lowest BCUT2D eigenvalue weighted by molar-refractivity contribution is -0.123. The van der Waals surface area contributed by atoms with Crippen LogP contribution in [0.3, 0.4) is 0 Å². The van der Waals surface area contributed by atoms with Crippen LogP contribution >= 0.6 is 0 Å². The third-order valence-corrected chi connectivity index (χ3v) is 4.04. The molecular weight excluding hydrogens is 224 g/mol. The van der Waals surface area contributed by atoms with E-state index in [4.69, 9.17) is 5.73 Å². The molecule has 98 valence electrons. The summed E-state index contributed by atoms with van der Waals surface area (Å²) in [7, 11) is 0. The molecule has 3 nitrogen and oxygen atoms in total. The molecule has 0 fully saturated rings. The Morgan fingerprint density at radius 3 is 2.89 bits per heavy atom. The zero-order valence-corrected chi connectivity index (χ0v) is 11.1. The fraction of sp³-hybridized carbons (Fsp3) is 0.533. The van der Waals surface area contributed by atoms with E-state index in [0.717, 1.165) is 12.8 Å². The Morgan fingerprint density at radius 2 is 2.22 bits per heavy atom. The Hall–Kier alpha value is -1.35. The number of rotatable bonds is 5. The molecule has 1 aromatic carbocycles. The lowest BCUT2D eigenvalue weighted by Crippen LogP contribution is -2.46. The number of amides is 1. The highest BCUT2D eigenvalue weighted by atomic mass is 16.2. The molecule has 1 aliphatic rings. The molecule has 0 bridgehead atoms. The number of hydrogen-bond donors (Lipinski definition) is 2. The number of hydrogen-bond acceptors (Lipinski definition) is 2. The first kappa shape index (κ1) is 13.1. The van der Waals surface area contributed by atoms with Crippen molar-refractivity contribution >= 4 is 5.91 Å². The molecule has 0 saturated carbocycles. The summed E-state index contributed by atoms with van der Waals surface area (Å²) in [6, 6.07) is 8.03. The summed E-state index contributed by atoms with van der Waals surface area (Å²) in [6.07, 6.45) is 2.00. The fourth-order valence-electron chi connectivity index (χ4n) is 2.40. The van der Waals surface area contributed by atoms with Gasteiger partial charge in [0.05, 0.1) is 6.04 Å². The van der Waals surface area contributed by atoms with E-state index in [1.807, 2.05) is 6.92 Å². The molecule has 0 heterocycles. The normalized spacial score (nSPS) is 20.5. The molecule has 0 radical (unpaired) electrons. The van der Waals surface area contributed by atoms with Crippen LogP contribution in [0, 0.1) is 5.92 Å². The van der Waals surface area contributed by atoms with E-state index < -0.39 is 0 Å². The van der Waals surface area contributed by atoms with Crippen LogP contribution in [0.15, 0.2) is 24.3 Å². The average molecular weight is 246 g/mol. The maximum Gasteiger partial charge on any atom is 0.237 e. The highest BCUT2D eigenvalue weighted by Crippen LogP contribution is 2.33. The van der Waals surface area contributed by atoms with Crippen LogP contribution in [0.1, 0.15) is 37.3 Å². The Balaban J connectivity index is 1.82. The zero-order valence-electron chi connectivity index (χ0n) is 11.1. The summed E-state index contributed by atoms with van der Waals surface area (Å²) in [6.45, 7) is 4.78. The Kier molecular flexibility index (Phi) is 4.02. The van der Waals surface area contributed by atoms with Gasteiger partial charge in [0.25, 0.3) is 0 Å². The number of benzene rings is 1. The van der Waals surface area contributed by atoms with E-state index in [1.54, 1.807) is 0 Å². The van der Waals surface area contributed by atoms with Crippen molar-refractivity contribution in [2.24, 2.45) is 11.7 Å². The van der Waals surface area contributed by atoms with Crippen LogP contribution in [0.25, 0.3) is 0 Å². The molecule has 18 heavy (non-hydrogen) atoms. The number of nitrogens with two attached hydrogens (primary N) is 1. The molecule has 1 aromatic rings. The second-order valence-electron chi connectivity index (χ2n) is 5.26. The third-order valence-electron chi connectivity index (χ3n) is 4.04. The smallest absolute Gasteiger partial charge is 0.237 e. The first-order chi connectivity index (χ1) is 8.63. The maximum atomic E-state index is 11.9. The number of carbonyl (C=O) groups is 1. The lowest BCUT2D eigenvalue weighted by atomic mass is 9.77. The van der Waals surface area contributed by atoms with Gasteiger partial charge in [-0.2, -0.15) is 0 Å². The van der Waals surface area contributed by atoms with E-state index >= 15 is 0 Å². The molecule has 3 N–H and O–H groups in total. The predicted molar refractivity (Wildman–Crippen MR) is 73.3 cm³/mol. The first-order valence-corrected chi connectivity index (χ1v) is 6.74. The summed E-state index contributed by atoms with van der Waals surface area (Å²) >= 11 is 0. The summed E-state index contributed by atoms with van der Waals surface area (Å²) < 4.78 is 0. The van der Waals surface area contributed by atoms with Gasteiger partial charge in [-0.1, -0.05) is 44.5 Å². The van der Waals surface area contributed by atoms with Gasteiger partial charge in [-0.25, -0.2) is 0 Å². The minimum absolute atomic E-state index is 0.0197. The minimum Gasteiger partial charge on any atom is -0.354 e. The molecule has 1 amide bonds. The SMILES string of the molecule is CCC(C)[C@H](N)C(=O)NCC1Cc2ccccc21. The molecule has 0 spiro atoms. The second-order valence-corrected chi connectivity index (χ2v) is 5.26. The quantitative estimate of drug-likeness (QED) is 0.832. The van der Waals surface area contributed by atoms with E-state index in [-0.39, 0.29) is 17.9 Å². The molecule has 1 aliphatic carbocycles. The van der Waals surface area contributed by atoms with Crippen molar-refractivity contribution in [3.05, 3.63) is 35.4 Å². The van der Waals surface area contributed by atoms with Crippen molar-refractivity contribution in [2.45, 2.75) is 38.6 Å². The predicted octanol–water partition coefficient (Wildman–Crippen LogP) is 1.82. The van der Waals surface area contributed by atoms with Gasteiger partial charge in [-0.05, 0) is 23.5 Å². The molecule has 3 heteroatoms. The van der Waals surface area contributed by atoms with Crippen molar-refractivity contribution in [1.82, 2.24) is 5.32 Å². The van der Waals surface area contributed by atoms with Crippen molar-refractivity contribution in [3.8, 4) is 0 Å². The number of fused-ring (bicyclic) bond motifs is 1. The van der Waals surface area contributed by atoms with Gasteiger partial charge >= 0.3 is 0 Å². The van der Waals surface area contributed by atoms with Crippen molar-refractivity contribution in [3.63, 3.8) is 0 Å². The summed E-state index contributed by atoms with van der Waals surface area (Å²) in [5.74, 6) is 0.682. The first-order valence-electron chi connectivity index (χ1n) is 6.74. The van der Waals surface area contributed by atoms with Crippen LogP contribution in [0.4, 0.5) is 0 Å². The van der Waals surface area contributed by atoms with Crippen LogP contribution in [-0.2, 0) is 11.2 Å². The van der Waals surface area contributed by atoms with Gasteiger partial charge in [-0.15, -0.1) is 0 Å². The van der Waals surface area contributed by atoms with Crippen molar-refractivity contribution in [2.75, 3.05) is 6.54 Å². The average Bonchev–Trinajstić information content (AvgIpc) is 2.37. The molecule has 0 aromatic heterocycles. The van der Waals surface area contributed by atoms with E-state index in [2.05, 4.69) is 36.5 Å². The van der Waals surface area contributed by atoms with Gasteiger partial charge in [0.2, 0.25) is 5.91 Å². The minimum atomic E-state index is -0.384. The zero-order chi connectivity index (χ0) is 13.1. The van der Waals surface area contributed by atoms with Crippen LogP contribution in [-0.4, -0.2) is 18.5 Å². The van der Waals surface area contributed by atoms with Gasteiger partial charge in [0.1, 0.15) is 0 Å². The topological polar surface area (TPSA) is 55.1 Å². The van der Waals surface area contributed by atoms with Crippen LogP contribution < -0.4 is 11.1 Å². The second kappa shape index (κ2) is 5.53. The Bertz CT molecular complexity index is 430. The van der Waals surface area contributed by atoms with E-state index in [0.29, 0.717) is 12.5 Å². The van der Waals surface area contributed by atoms with Crippen LogP contribution in [0.2, 0.25) is 0 Å². The molecule has 0 saturated heterocycles. The van der Waals surface area contributed by atoms with Gasteiger partial charge < -0.3 is 11.1 Å². The highest BCUT2D eigenvalue weighted by Gasteiger charge is 2.27. The molecule has 2 rings (SSSR count). The lowest BCUT2D eigenvalue weighted by Gasteiger charge is -2.30. The standard InChI is InChI=1S/C15H22N2O/c1-3-10(2)14(16)15(18)17-9-12-8-11-6-4-5-7-13(11)12/h4-7,10,12,14H,3,8-9,16H2,1-2H3,(H,17,18)/t10?,12?,14-/m0/s1. The summed E-state index contributed by atoms with van der Waals surface area (Å²) in [5, 5.41) is 2.98. The summed E-state index contributed by atoms with van der Waals surface area (Å²) in [5.41, 5.74) is 8.68. The summed E-state index contributed by atoms with van der Waals surface area (Å²) in [4.78, 5) is 11.9. The molecular formula is C15H22N2O. The maximum absolute atomic E-state index is 11.9. The van der Waals surface area contributed by atoms with Gasteiger partial charge in [-0.3, -0.25) is 4.79 Å². The molecule has 2 unspecified atom stereocenters. The largest absolute Gasteiger partial charge is 0.354 e. The van der Waals surface area contributed by atoms with Crippen molar-refractivity contribution in [1.29, 1.82) is 0 Å². The van der Waals surface area contributed by atoms with Crippen molar-refractivity contribution < 1.29 is 4.79 Å². The van der Waals surface area contributed by atoms with E-state index in [1.165, 1.54) is 11.1 Å². The third kappa shape index (κ3) is 2.56. The Morgan fingerprint density at radius 1 is 1.50 bits per heavy atom. The van der Waals surface area contributed by atoms with Gasteiger partial charge in [0.15, 0.2) is 0 Å². The highest BCUT2D eigenvalue weighted by molar-refractivity contribution is 5.81. The molecule has 3 atom stereocenters. The monoisotopic (exact) mass is 246 g/mol. The fourth-order valence-corrected chi connectivity index (χ4v) is 2.40. The number of nitrogens with one attached hydrogen (secondary N) is 1. The van der Waals surface area contributed by atoms with E-state index in [9.17, 15) is 4.79 Å². The Labute approximate surface area is 109 Å². The number of carbonyl (C=O) groups excluding carboxylic acids is 1. The molecule has 0 aliphatic heterocycles. The van der Waals surface area contributed by atoms with Crippen LogP contribution in [0.5, 0.6) is 0 Å². The van der Waals surface area contributed by atoms with Gasteiger partial charge in [0, 0.05) is 12.5 Å².